The molecule has 0 aliphatic rings. The Bertz CT molecular complexity index is 862. The minimum absolute atomic E-state index is 0.00703. The topological polar surface area (TPSA) is 83.1 Å². The van der Waals surface area contributed by atoms with Crippen LogP contribution in [0.1, 0.15) is 12.5 Å². The summed E-state index contributed by atoms with van der Waals surface area (Å²) in [5.74, 6) is -1.41. The lowest BCUT2D eigenvalue weighted by molar-refractivity contribution is -0.137. The standard InChI is InChI=1S/C19H20F4N4O2S/c1-12(30-11-16(28)27-14-6-4-13(20)5-7-14)18(29)26-10-9-25-17-15(19(21,22)23)3-2-8-24-17/h2-8,12H,9-11H2,1H3,(H,24,25)(H,26,29)(H,27,28). The number of benzene rings is 1. The number of thioether (sulfide) groups is 1. The molecule has 3 N–H and O–H groups in total. The molecule has 1 unspecified atom stereocenters. The number of hydrogen-bond donors (Lipinski definition) is 3. The maximum absolute atomic E-state index is 12.9. The molecule has 0 saturated heterocycles. The molecular formula is C19H20F4N4O2S. The zero-order chi connectivity index (χ0) is 22.1. The smallest absolute Gasteiger partial charge is 0.368 e. The van der Waals surface area contributed by atoms with Crippen molar-refractivity contribution >= 4 is 35.1 Å². The van der Waals surface area contributed by atoms with Crippen LogP contribution in [0.15, 0.2) is 42.6 Å². The van der Waals surface area contributed by atoms with Gasteiger partial charge in [0.1, 0.15) is 11.6 Å². The minimum atomic E-state index is -4.53. The van der Waals surface area contributed by atoms with E-state index in [4.69, 9.17) is 0 Å². The van der Waals surface area contributed by atoms with Crippen LogP contribution in [0.4, 0.5) is 29.1 Å². The van der Waals surface area contributed by atoms with Crippen molar-refractivity contribution in [3.05, 3.63) is 54.0 Å². The summed E-state index contributed by atoms with van der Waals surface area (Å²) in [7, 11) is 0. The molecule has 0 aliphatic carbocycles. The van der Waals surface area contributed by atoms with Crippen LogP contribution >= 0.6 is 11.8 Å². The van der Waals surface area contributed by atoms with Gasteiger partial charge in [-0.3, -0.25) is 9.59 Å². The lowest BCUT2D eigenvalue weighted by Gasteiger charge is -2.15. The Hall–Kier alpha value is -2.82. The molecule has 1 aromatic carbocycles. The molecule has 162 valence electrons. The molecule has 0 aliphatic heterocycles. The molecule has 2 aromatic rings. The number of carbonyl (C=O) groups is 2. The molecule has 30 heavy (non-hydrogen) atoms. The number of nitrogens with zero attached hydrogens (tertiary/aromatic N) is 1. The van der Waals surface area contributed by atoms with Crippen LogP contribution in [0, 0.1) is 5.82 Å². The first-order valence-corrected chi connectivity index (χ1v) is 9.92. The van der Waals surface area contributed by atoms with Crippen LogP contribution in [-0.4, -0.2) is 40.9 Å². The van der Waals surface area contributed by atoms with E-state index in [2.05, 4.69) is 20.9 Å². The number of aromatic nitrogens is 1. The first kappa shape index (κ1) is 23.5. The minimum Gasteiger partial charge on any atom is -0.368 e. The summed E-state index contributed by atoms with van der Waals surface area (Å²) in [6.07, 6.45) is -3.29. The van der Waals surface area contributed by atoms with Gasteiger partial charge in [0.2, 0.25) is 11.8 Å². The predicted octanol–water partition coefficient (Wildman–Crippen LogP) is 3.53. The van der Waals surface area contributed by atoms with E-state index < -0.39 is 22.8 Å². The van der Waals surface area contributed by atoms with Crippen molar-refractivity contribution in [3.63, 3.8) is 0 Å². The first-order valence-electron chi connectivity index (χ1n) is 8.87. The molecule has 6 nitrogen and oxygen atoms in total. The fourth-order valence-electron chi connectivity index (χ4n) is 2.29. The lowest BCUT2D eigenvalue weighted by Crippen LogP contribution is -2.35. The third-order valence-electron chi connectivity index (χ3n) is 3.79. The normalized spacial score (nSPS) is 12.2. The largest absolute Gasteiger partial charge is 0.419 e. The predicted molar refractivity (Wildman–Crippen MR) is 108 cm³/mol. The van der Waals surface area contributed by atoms with Crippen molar-refractivity contribution in [2.45, 2.75) is 18.3 Å². The van der Waals surface area contributed by atoms with Gasteiger partial charge in [0.15, 0.2) is 0 Å². The summed E-state index contributed by atoms with van der Waals surface area (Å²) in [6, 6.07) is 7.40. The lowest BCUT2D eigenvalue weighted by atomic mass is 10.2. The summed E-state index contributed by atoms with van der Waals surface area (Å²) in [6.45, 7) is 1.74. The highest BCUT2D eigenvalue weighted by atomic mass is 32.2. The molecule has 1 aromatic heterocycles. The second-order valence-corrected chi connectivity index (χ2v) is 7.45. The molecule has 2 rings (SSSR count). The van der Waals surface area contributed by atoms with Gasteiger partial charge in [-0.15, -0.1) is 11.8 Å². The quantitative estimate of drug-likeness (QED) is 0.407. The SMILES string of the molecule is CC(SCC(=O)Nc1ccc(F)cc1)C(=O)NCCNc1ncccc1C(F)(F)F. The molecule has 1 atom stereocenters. The van der Waals surface area contributed by atoms with Gasteiger partial charge >= 0.3 is 6.18 Å². The third-order valence-corrected chi connectivity index (χ3v) is 4.93. The second-order valence-electron chi connectivity index (χ2n) is 6.12. The van der Waals surface area contributed by atoms with E-state index in [1.807, 2.05) is 0 Å². The average molecular weight is 444 g/mol. The van der Waals surface area contributed by atoms with Crippen molar-refractivity contribution in [2.24, 2.45) is 0 Å². The number of carbonyl (C=O) groups excluding carboxylic acids is 2. The Balaban J connectivity index is 1.70. The first-order chi connectivity index (χ1) is 14.2. The molecule has 1 heterocycles. The average Bonchev–Trinajstić information content (AvgIpc) is 2.70. The molecular weight excluding hydrogens is 424 g/mol. The van der Waals surface area contributed by atoms with E-state index in [0.29, 0.717) is 5.69 Å². The number of halogens is 4. The highest BCUT2D eigenvalue weighted by Gasteiger charge is 2.33. The zero-order valence-electron chi connectivity index (χ0n) is 15.9. The molecule has 11 heteroatoms. The molecule has 0 bridgehead atoms. The van der Waals surface area contributed by atoms with Crippen LogP contribution in [0.5, 0.6) is 0 Å². The number of hydrogen-bond acceptors (Lipinski definition) is 5. The van der Waals surface area contributed by atoms with E-state index in [-0.39, 0.29) is 36.5 Å². The van der Waals surface area contributed by atoms with E-state index in [9.17, 15) is 27.2 Å². The molecule has 0 fully saturated rings. The van der Waals surface area contributed by atoms with Crippen molar-refractivity contribution in [1.82, 2.24) is 10.3 Å². The van der Waals surface area contributed by atoms with Gasteiger partial charge in [0.05, 0.1) is 16.6 Å². The van der Waals surface area contributed by atoms with Crippen molar-refractivity contribution in [1.29, 1.82) is 0 Å². The van der Waals surface area contributed by atoms with E-state index in [0.717, 1.165) is 17.8 Å². The molecule has 0 radical (unpaired) electrons. The van der Waals surface area contributed by atoms with Gasteiger partial charge in [-0.2, -0.15) is 13.2 Å². The van der Waals surface area contributed by atoms with Crippen LogP contribution in [0.2, 0.25) is 0 Å². The van der Waals surface area contributed by atoms with Gasteiger partial charge in [-0.05, 0) is 43.3 Å². The fraction of sp³-hybridized carbons (Fsp3) is 0.316. The number of alkyl halides is 3. The monoisotopic (exact) mass is 444 g/mol. The molecule has 0 spiro atoms. The second kappa shape index (κ2) is 10.8. The van der Waals surface area contributed by atoms with Crippen molar-refractivity contribution in [2.75, 3.05) is 29.5 Å². The summed E-state index contributed by atoms with van der Waals surface area (Å²) < 4.78 is 51.5. The Morgan fingerprint density at radius 1 is 1.13 bits per heavy atom. The fourth-order valence-corrected chi connectivity index (χ4v) is 3.00. The summed E-state index contributed by atoms with van der Waals surface area (Å²) in [4.78, 5) is 27.6. The Morgan fingerprint density at radius 2 is 1.83 bits per heavy atom. The van der Waals surface area contributed by atoms with Gasteiger partial charge in [0, 0.05) is 25.0 Å². The van der Waals surface area contributed by atoms with E-state index >= 15 is 0 Å². The van der Waals surface area contributed by atoms with Crippen LogP contribution < -0.4 is 16.0 Å². The van der Waals surface area contributed by atoms with E-state index in [1.165, 1.54) is 36.5 Å². The Labute approximate surface area is 174 Å². The highest BCUT2D eigenvalue weighted by Crippen LogP contribution is 2.33. The summed E-state index contributed by atoms with van der Waals surface area (Å²) in [5.41, 5.74) is -0.439. The number of nitrogens with one attached hydrogen (secondary N) is 3. The summed E-state index contributed by atoms with van der Waals surface area (Å²) in [5, 5.41) is 7.17. The number of rotatable bonds is 9. The highest BCUT2D eigenvalue weighted by molar-refractivity contribution is 8.01. The molecule has 2 amide bonds. The van der Waals surface area contributed by atoms with Crippen molar-refractivity contribution in [3.8, 4) is 0 Å². The maximum atomic E-state index is 12.9. The molecule has 0 saturated carbocycles. The van der Waals surface area contributed by atoms with Gasteiger partial charge in [0.25, 0.3) is 0 Å². The van der Waals surface area contributed by atoms with E-state index in [1.54, 1.807) is 6.92 Å². The maximum Gasteiger partial charge on any atom is 0.419 e. The van der Waals surface area contributed by atoms with Crippen LogP contribution in [0.25, 0.3) is 0 Å². The number of pyridine rings is 1. The van der Waals surface area contributed by atoms with Crippen molar-refractivity contribution < 1.29 is 27.2 Å². The number of amides is 2. The Kier molecular flexibility index (Phi) is 8.46. The zero-order valence-corrected chi connectivity index (χ0v) is 16.7. The van der Waals surface area contributed by atoms with Crippen LogP contribution in [-0.2, 0) is 15.8 Å². The van der Waals surface area contributed by atoms with Crippen LogP contribution in [0.3, 0.4) is 0 Å². The van der Waals surface area contributed by atoms with Gasteiger partial charge < -0.3 is 16.0 Å². The number of anilines is 2. The third kappa shape index (κ3) is 7.54. The van der Waals surface area contributed by atoms with Gasteiger partial charge in [-0.25, -0.2) is 9.37 Å². The Morgan fingerprint density at radius 3 is 2.50 bits per heavy atom. The summed E-state index contributed by atoms with van der Waals surface area (Å²) >= 11 is 1.10. The van der Waals surface area contributed by atoms with Gasteiger partial charge in [-0.1, -0.05) is 0 Å².